The number of pyridine rings is 1. The molecule has 8 rings (SSSR count). The third-order valence-electron chi connectivity index (χ3n) is 11.7. The summed E-state index contributed by atoms with van der Waals surface area (Å²) in [5, 5.41) is 3.75. The third-order valence-corrected chi connectivity index (χ3v) is 11.7. The van der Waals surface area contributed by atoms with Gasteiger partial charge in [-0.1, -0.05) is 104 Å². The molecule has 7 unspecified atom stereocenters. The molecule has 1 aromatic rings. The molecule has 7 aliphatic rings. The summed E-state index contributed by atoms with van der Waals surface area (Å²) in [5.74, 6) is 5.14. The number of nitrogens with zero attached hydrogens (tertiary/aromatic N) is 3. The van der Waals surface area contributed by atoms with Crippen molar-refractivity contribution >= 4 is 17.2 Å². The molecule has 0 aromatic carbocycles. The minimum absolute atomic E-state index is 0.0559. The Hall–Kier alpha value is -4.05. The molecule has 1 aliphatic heterocycles. The van der Waals surface area contributed by atoms with Gasteiger partial charge in [-0.3, -0.25) is 4.98 Å². The van der Waals surface area contributed by atoms with Gasteiger partial charge in [0.2, 0.25) is 0 Å². The molecule has 0 saturated heterocycles. The van der Waals surface area contributed by atoms with Crippen LogP contribution in [0.2, 0.25) is 0 Å². The molecule has 1 saturated carbocycles. The van der Waals surface area contributed by atoms with E-state index in [-0.39, 0.29) is 6.17 Å². The maximum absolute atomic E-state index is 5.34. The Morgan fingerprint density at radius 3 is 2.46 bits per heavy atom. The van der Waals surface area contributed by atoms with Gasteiger partial charge in [0.25, 0.3) is 0 Å². The van der Waals surface area contributed by atoms with Crippen LogP contribution in [0, 0.1) is 23.7 Å². The quantitative estimate of drug-likeness (QED) is 0.304. The highest BCUT2D eigenvalue weighted by molar-refractivity contribution is 6.08. The van der Waals surface area contributed by atoms with Crippen LogP contribution in [-0.2, 0) is 0 Å². The van der Waals surface area contributed by atoms with Crippen LogP contribution >= 0.6 is 0 Å². The van der Waals surface area contributed by atoms with Gasteiger partial charge in [-0.05, 0) is 111 Å². The smallest absolute Gasteiger partial charge is 0.133 e. The van der Waals surface area contributed by atoms with E-state index < -0.39 is 0 Å². The molecule has 246 valence electrons. The summed E-state index contributed by atoms with van der Waals surface area (Å²) in [4.78, 5) is 15.7. The lowest BCUT2D eigenvalue weighted by molar-refractivity contribution is 0.255. The van der Waals surface area contributed by atoms with Crippen molar-refractivity contribution in [3.05, 3.63) is 132 Å². The van der Waals surface area contributed by atoms with Crippen molar-refractivity contribution in [1.82, 2.24) is 10.3 Å². The molecule has 7 atom stereocenters. The number of hydrogen-bond donors (Lipinski definition) is 1. The second kappa shape index (κ2) is 14.6. The van der Waals surface area contributed by atoms with Gasteiger partial charge < -0.3 is 5.32 Å². The van der Waals surface area contributed by atoms with E-state index in [1.165, 1.54) is 66.5 Å². The number of aromatic nitrogens is 1. The van der Waals surface area contributed by atoms with Crippen molar-refractivity contribution in [2.45, 2.75) is 95.1 Å². The Bertz CT molecular complexity index is 1700. The fourth-order valence-corrected chi connectivity index (χ4v) is 8.87. The summed E-state index contributed by atoms with van der Waals surface area (Å²) in [6, 6.07) is 2.45. The van der Waals surface area contributed by atoms with Gasteiger partial charge in [0.05, 0.1) is 0 Å². The molecule has 0 amide bonds. The van der Waals surface area contributed by atoms with Crippen molar-refractivity contribution in [3.63, 3.8) is 0 Å². The first-order valence-electron chi connectivity index (χ1n) is 18.8. The lowest BCUT2D eigenvalue weighted by Crippen LogP contribution is -2.44. The number of hydrogen-bond acceptors (Lipinski definition) is 4. The first-order valence-corrected chi connectivity index (χ1v) is 18.8. The van der Waals surface area contributed by atoms with Crippen molar-refractivity contribution in [2.75, 3.05) is 0 Å². The highest BCUT2D eigenvalue weighted by Crippen LogP contribution is 2.42. The summed E-state index contributed by atoms with van der Waals surface area (Å²) >= 11 is 0. The Morgan fingerprint density at radius 1 is 0.750 bits per heavy atom. The second-order valence-electron chi connectivity index (χ2n) is 14.8. The molecule has 0 spiro atoms. The second-order valence-corrected chi connectivity index (χ2v) is 14.8. The molecule has 1 fully saturated rings. The van der Waals surface area contributed by atoms with Gasteiger partial charge in [0, 0.05) is 35.2 Å². The summed E-state index contributed by atoms with van der Waals surface area (Å²) in [6.45, 7) is 0. The minimum Gasteiger partial charge on any atom is -0.348 e. The van der Waals surface area contributed by atoms with Crippen LogP contribution in [0.5, 0.6) is 0 Å². The monoisotopic (exact) mass is 634 g/mol. The van der Waals surface area contributed by atoms with E-state index in [9.17, 15) is 0 Å². The summed E-state index contributed by atoms with van der Waals surface area (Å²) < 4.78 is 0. The number of rotatable bonds is 7. The molecule has 1 aromatic heterocycles. The number of amidine groups is 2. The van der Waals surface area contributed by atoms with Crippen molar-refractivity contribution < 1.29 is 0 Å². The van der Waals surface area contributed by atoms with Gasteiger partial charge in [-0.25, -0.2) is 9.98 Å². The van der Waals surface area contributed by atoms with Crippen LogP contribution in [0.1, 0.15) is 106 Å². The van der Waals surface area contributed by atoms with Gasteiger partial charge in [0.1, 0.15) is 17.8 Å². The van der Waals surface area contributed by atoms with E-state index in [2.05, 4.69) is 115 Å². The van der Waals surface area contributed by atoms with Gasteiger partial charge >= 0.3 is 0 Å². The maximum atomic E-state index is 5.34. The minimum atomic E-state index is 0.0559. The van der Waals surface area contributed by atoms with Crippen LogP contribution < -0.4 is 5.32 Å². The highest BCUT2D eigenvalue weighted by atomic mass is 15.2. The number of aliphatic imine (C=N–C) groups is 2. The Morgan fingerprint density at radius 2 is 1.69 bits per heavy atom. The average molecular weight is 635 g/mol. The van der Waals surface area contributed by atoms with Crippen LogP contribution in [0.4, 0.5) is 0 Å². The Kier molecular flexibility index (Phi) is 9.50. The van der Waals surface area contributed by atoms with E-state index in [0.29, 0.717) is 35.5 Å². The summed E-state index contributed by atoms with van der Waals surface area (Å²) in [5.41, 5.74) is 6.75. The predicted molar refractivity (Wildman–Crippen MR) is 201 cm³/mol. The molecule has 6 aliphatic carbocycles. The molecule has 0 radical (unpaired) electrons. The van der Waals surface area contributed by atoms with E-state index >= 15 is 0 Å². The summed E-state index contributed by atoms with van der Waals surface area (Å²) in [6.07, 6.45) is 52.8. The van der Waals surface area contributed by atoms with E-state index in [4.69, 9.17) is 15.0 Å². The Balaban J connectivity index is 0.997. The molecule has 0 bridgehead atoms. The normalized spacial score (nSPS) is 32.7. The molecule has 2 heterocycles. The van der Waals surface area contributed by atoms with Gasteiger partial charge in [0.15, 0.2) is 0 Å². The van der Waals surface area contributed by atoms with Crippen molar-refractivity contribution in [2.24, 2.45) is 33.7 Å². The lowest BCUT2D eigenvalue weighted by Gasteiger charge is -2.36. The van der Waals surface area contributed by atoms with Crippen LogP contribution in [-0.4, -0.2) is 22.8 Å². The molecule has 48 heavy (non-hydrogen) atoms. The zero-order valence-electron chi connectivity index (χ0n) is 28.3. The van der Waals surface area contributed by atoms with Crippen molar-refractivity contribution in [1.29, 1.82) is 0 Å². The SMILES string of the molecule is C1=CCCC(C2=NC(C3CCCC(C4C=CC(c5cnc(C6C=CC=CC6)cc5C5CC=CCC5)=CC4)C3)=NC(C3C=CC=CC3)N2)=C1. The fraction of sp³-hybridized carbons (Fsp3) is 0.432. The molecular weight excluding hydrogens is 585 g/mol. The number of allylic oxidation sites excluding steroid dienone is 16. The number of nitrogens with one attached hydrogen (secondary N) is 1. The molecular formula is C44H50N4. The third kappa shape index (κ3) is 6.90. The molecule has 4 nitrogen and oxygen atoms in total. The first-order chi connectivity index (χ1) is 23.8. The topological polar surface area (TPSA) is 49.6 Å². The van der Waals surface area contributed by atoms with Crippen LogP contribution in [0.3, 0.4) is 0 Å². The van der Waals surface area contributed by atoms with E-state index in [1.54, 1.807) is 0 Å². The standard InChI is InChI=1S/C44H50N4/c1-5-14-32(15-6-1)39-29-41(34-16-7-2-8-17-34)45-30-40(39)33-26-24-31(25-27-33)37-22-13-23-38(28-37)44-47-42(35-18-9-3-10-19-35)46-43(48-44)36-20-11-4-12-21-36/h1-5,7-11,16,18,20,24,26-27,29-32,34-35,37-38,42H,6,12-15,17,19,21-23,25,28H2,(H,46,47,48). The lowest BCUT2D eigenvalue weighted by atomic mass is 9.72. The predicted octanol–water partition coefficient (Wildman–Crippen LogP) is 10.4. The van der Waals surface area contributed by atoms with Gasteiger partial charge in [-0.2, -0.15) is 0 Å². The largest absolute Gasteiger partial charge is 0.348 e. The average Bonchev–Trinajstić information content (AvgIpc) is 3.19. The first kappa shape index (κ1) is 31.2. The van der Waals surface area contributed by atoms with Crippen LogP contribution in [0.25, 0.3) is 5.57 Å². The zero-order valence-corrected chi connectivity index (χ0v) is 28.3. The van der Waals surface area contributed by atoms with Gasteiger partial charge in [-0.15, -0.1) is 0 Å². The highest BCUT2D eigenvalue weighted by Gasteiger charge is 2.34. The van der Waals surface area contributed by atoms with E-state index in [1.807, 2.05) is 0 Å². The van der Waals surface area contributed by atoms with Crippen molar-refractivity contribution in [3.8, 4) is 0 Å². The fourth-order valence-electron chi connectivity index (χ4n) is 8.87. The summed E-state index contributed by atoms with van der Waals surface area (Å²) in [7, 11) is 0. The Labute approximate surface area is 287 Å². The maximum Gasteiger partial charge on any atom is 0.133 e. The molecule has 4 heteroatoms. The molecule has 1 N–H and O–H groups in total. The van der Waals surface area contributed by atoms with E-state index in [0.717, 1.165) is 50.2 Å². The van der Waals surface area contributed by atoms with Crippen LogP contribution in [0.15, 0.2) is 125 Å². The zero-order chi connectivity index (χ0) is 32.1.